The van der Waals surface area contributed by atoms with E-state index in [0.29, 0.717) is 0 Å². The molecule has 1 aliphatic heterocycles. The van der Waals surface area contributed by atoms with Crippen LogP contribution in [0.4, 0.5) is 0 Å². The zero-order valence-electron chi connectivity index (χ0n) is 12.7. The summed E-state index contributed by atoms with van der Waals surface area (Å²) < 4.78 is 1.06. The SMILES string of the molecule is O=C(c1ccc2ncsc2c1)N1CCCCC1c1cccnc1. The number of hydrogen-bond acceptors (Lipinski definition) is 4. The molecular formula is C18H17N3OS. The molecule has 3 aromatic rings. The molecule has 4 rings (SSSR count). The first kappa shape index (κ1) is 14.3. The molecule has 5 heteroatoms. The Balaban J connectivity index is 1.67. The first-order chi connectivity index (χ1) is 11.3. The van der Waals surface area contributed by atoms with Crippen LogP contribution in [-0.4, -0.2) is 27.3 Å². The van der Waals surface area contributed by atoms with Gasteiger partial charge in [0.25, 0.3) is 5.91 Å². The van der Waals surface area contributed by atoms with Crippen LogP contribution in [0.25, 0.3) is 10.2 Å². The molecule has 1 saturated heterocycles. The Morgan fingerprint density at radius 3 is 3.09 bits per heavy atom. The highest BCUT2D eigenvalue weighted by Gasteiger charge is 2.28. The maximum atomic E-state index is 13.0. The Kier molecular flexibility index (Phi) is 3.79. The van der Waals surface area contributed by atoms with Crippen molar-refractivity contribution in [1.29, 1.82) is 0 Å². The van der Waals surface area contributed by atoms with Crippen LogP contribution < -0.4 is 0 Å². The number of fused-ring (bicyclic) bond motifs is 1. The maximum absolute atomic E-state index is 13.0. The Hall–Kier alpha value is -2.27. The predicted molar refractivity (Wildman–Crippen MR) is 91.5 cm³/mol. The molecule has 1 atom stereocenters. The van der Waals surface area contributed by atoms with E-state index in [-0.39, 0.29) is 11.9 Å². The third kappa shape index (κ3) is 2.72. The van der Waals surface area contributed by atoms with E-state index < -0.39 is 0 Å². The number of aromatic nitrogens is 2. The summed E-state index contributed by atoms with van der Waals surface area (Å²) in [5.41, 5.74) is 4.64. The van der Waals surface area contributed by atoms with Crippen molar-refractivity contribution in [2.24, 2.45) is 0 Å². The summed E-state index contributed by atoms with van der Waals surface area (Å²) in [7, 11) is 0. The van der Waals surface area contributed by atoms with Gasteiger partial charge >= 0.3 is 0 Å². The second-order valence-corrected chi connectivity index (χ2v) is 6.72. The minimum absolute atomic E-state index is 0.105. The molecule has 1 amide bonds. The smallest absolute Gasteiger partial charge is 0.254 e. The highest BCUT2D eigenvalue weighted by atomic mass is 32.1. The number of benzene rings is 1. The van der Waals surface area contributed by atoms with Gasteiger partial charge in [0.1, 0.15) is 0 Å². The number of piperidine rings is 1. The van der Waals surface area contributed by atoms with Crippen molar-refractivity contribution in [3.8, 4) is 0 Å². The molecule has 0 bridgehead atoms. The van der Waals surface area contributed by atoms with Crippen LogP contribution >= 0.6 is 11.3 Å². The van der Waals surface area contributed by atoms with Gasteiger partial charge in [-0.3, -0.25) is 9.78 Å². The van der Waals surface area contributed by atoms with Crippen molar-refractivity contribution >= 4 is 27.5 Å². The summed E-state index contributed by atoms with van der Waals surface area (Å²) in [5, 5.41) is 0. The zero-order valence-corrected chi connectivity index (χ0v) is 13.5. The molecule has 0 radical (unpaired) electrons. The first-order valence-corrected chi connectivity index (χ1v) is 8.75. The number of hydrogen-bond donors (Lipinski definition) is 0. The van der Waals surface area contributed by atoms with Gasteiger partial charge < -0.3 is 4.90 Å². The highest BCUT2D eigenvalue weighted by Crippen LogP contribution is 2.32. The number of pyridine rings is 1. The molecule has 1 fully saturated rings. The van der Waals surface area contributed by atoms with Gasteiger partial charge in [0, 0.05) is 24.5 Å². The van der Waals surface area contributed by atoms with Gasteiger partial charge in [-0.05, 0) is 49.1 Å². The number of carbonyl (C=O) groups excluding carboxylic acids is 1. The van der Waals surface area contributed by atoms with E-state index in [1.807, 2.05) is 40.9 Å². The van der Waals surface area contributed by atoms with Crippen LogP contribution in [0.1, 0.15) is 41.2 Å². The topological polar surface area (TPSA) is 46.1 Å². The van der Waals surface area contributed by atoms with E-state index in [0.717, 1.165) is 47.2 Å². The Bertz CT molecular complexity index is 830. The minimum Gasteiger partial charge on any atom is -0.332 e. The average Bonchev–Trinajstić information content (AvgIpc) is 3.09. The first-order valence-electron chi connectivity index (χ1n) is 7.87. The van der Waals surface area contributed by atoms with Gasteiger partial charge in [-0.2, -0.15) is 0 Å². The molecule has 2 aromatic heterocycles. The van der Waals surface area contributed by atoms with Crippen LogP contribution in [0.5, 0.6) is 0 Å². The van der Waals surface area contributed by atoms with Gasteiger partial charge in [0.15, 0.2) is 0 Å². The lowest BCUT2D eigenvalue weighted by molar-refractivity contribution is 0.0611. The lowest BCUT2D eigenvalue weighted by Crippen LogP contribution is -2.38. The number of thiazole rings is 1. The molecule has 0 N–H and O–H groups in total. The average molecular weight is 323 g/mol. The quantitative estimate of drug-likeness (QED) is 0.714. The summed E-state index contributed by atoms with van der Waals surface area (Å²) in [6, 6.07) is 9.92. The zero-order chi connectivity index (χ0) is 15.6. The molecule has 0 aliphatic carbocycles. The van der Waals surface area contributed by atoms with Crippen molar-refractivity contribution in [2.75, 3.05) is 6.54 Å². The standard InChI is InChI=1S/C18H17N3OS/c22-18(13-6-7-15-17(10-13)23-12-20-15)21-9-2-1-5-16(21)14-4-3-8-19-11-14/h3-4,6-8,10-12,16H,1-2,5,9H2. The summed E-state index contributed by atoms with van der Waals surface area (Å²) in [6.07, 6.45) is 6.86. The van der Waals surface area contributed by atoms with Crippen LogP contribution in [0, 0.1) is 0 Å². The van der Waals surface area contributed by atoms with E-state index in [4.69, 9.17) is 0 Å². The number of carbonyl (C=O) groups is 1. The molecule has 1 aromatic carbocycles. The lowest BCUT2D eigenvalue weighted by atomic mass is 9.95. The maximum Gasteiger partial charge on any atom is 0.254 e. The molecule has 1 aliphatic rings. The monoisotopic (exact) mass is 323 g/mol. The lowest BCUT2D eigenvalue weighted by Gasteiger charge is -2.36. The van der Waals surface area contributed by atoms with E-state index in [1.165, 1.54) is 0 Å². The molecule has 23 heavy (non-hydrogen) atoms. The van der Waals surface area contributed by atoms with Crippen LogP contribution in [0.3, 0.4) is 0 Å². The van der Waals surface area contributed by atoms with Crippen molar-refractivity contribution in [1.82, 2.24) is 14.9 Å². The molecule has 1 unspecified atom stereocenters. The van der Waals surface area contributed by atoms with Gasteiger partial charge in [0.2, 0.25) is 0 Å². The largest absolute Gasteiger partial charge is 0.332 e. The highest BCUT2D eigenvalue weighted by molar-refractivity contribution is 7.16. The Morgan fingerprint density at radius 1 is 1.26 bits per heavy atom. The molecule has 0 spiro atoms. The number of likely N-dealkylation sites (tertiary alicyclic amines) is 1. The van der Waals surface area contributed by atoms with E-state index in [2.05, 4.69) is 16.0 Å². The van der Waals surface area contributed by atoms with Crippen LogP contribution in [-0.2, 0) is 0 Å². The van der Waals surface area contributed by atoms with Crippen LogP contribution in [0.2, 0.25) is 0 Å². The fraction of sp³-hybridized carbons (Fsp3) is 0.278. The summed E-state index contributed by atoms with van der Waals surface area (Å²) in [4.78, 5) is 23.5. The van der Waals surface area contributed by atoms with Crippen molar-refractivity contribution in [2.45, 2.75) is 25.3 Å². The van der Waals surface area contributed by atoms with Gasteiger partial charge in [-0.1, -0.05) is 6.07 Å². The van der Waals surface area contributed by atoms with E-state index >= 15 is 0 Å². The number of rotatable bonds is 2. The number of nitrogens with zero attached hydrogens (tertiary/aromatic N) is 3. The predicted octanol–water partition coefficient (Wildman–Crippen LogP) is 4.06. The Labute approximate surface area is 138 Å². The van der Waals surface area contributed by atoms with E-state index in [1.54, 1.807) is 17.5 Å². The fourth-order valence-corrected chi connectivity index (χ4v) is 3.96. The van der Waals surface area contributed by atoms with Crippen molar-refractivity contribution < 1.29 is 4.79 Å². The van der Waals surface area contributed by atoms with Gasteiger partial charge in [0.05, 0.1) is 21.8 Å². The molecule has 116 valence electrons. The third-order valence-corrected chi connectivity index (χ3v) is 5.20. The number of amides is 1. The Morgan fingerprint density at radius 2 is 2.22 bits per heavy atom. The second-order valence-electron chi connectivity index (χ2n) is 5.83. The molecule has 3 heterocycles. The summed E-state index contributed by atoms with van der Waals surface area (Å²) in [5.74, 6) is 0.105. The van der Waals surface area contributed by atoms with Crippen LogP contribution in [0.15, 0.2) is 48.2 Å². The summed E-state index contributed by atoms with van der Waals surface area (Å²) >= 11 is 1.57. The normalized spacial score (nSPS) is 18.3. The molecular weight excluding hydrogens is 306 g/mol. The third-order valence-electron chi connectivity index (χ3n) is 4.41. The molecule has 0 saturated carbocycles. The van der Waals surface area contributed by atoms with Crippen molar-refractivity contribution in [3.05, 3.63) is 59.4 Å². The fourth-order valence-electron chi connectivity index (χ4n) is 3.25. The van der Waals surface area contributed by atoms with Gasteiger partial charge in [-0.25, -0.2) is 4.98 Å². The summed E-state index contributed by atoms with van der Waals surface area (Å²) in [6.45, 7) is 0.805. The molecule has 4 nitrogen and oxygen atoms in total. The van der Waals surface area contributed by atoms with Gasteiger partial charge in [-0.15, -0.1) is 11.3 Å². The van der Waals surface area contributed by atoms with Crippen molar-refractivity contribution in [3.63, 3.8) is 0 Å². The second kappa shape index (κ2) is 6.08. The minimum atomic E-state index is 0.105. The van der Waals surface area contributed by atoms with E-state index in [9.17, 15) is 4.79 Å².